The maximum atomic E-state index is 12.3. The Bertz CT molecular complexity index is 792. The van der Waals surface area contributed by atoms with Crippen LogP contribution in [0.15, 0.2) is 48.0 Å². The summed E-state index contributed by atoms with van der Waals surface area (Å²) in [5.74, 6) is -1.49. The molecule has 5 nitrogen and oxygen atoms in total. The minimum Gasteiger partial charge on any atom is -0.479 e. The second kappa shape index (κ2) is 5.41. The van der Waals surface area contributed by atoms with E-state index < -0.39 is 17.9 Å². The molecule has 2 aromatic heterocycles. The quantitative estimate of drug-likeness (QED) is 0.693. The molecule has 6 heteroatoms. The highest BCUT2D eigenvalue weighted by Crippen LogP contribution is 2.22. The maximum absolute atomic E-state index is 12.3. The molecule has 2 heterocycles. The summed E-state index contributed by atoms with van der Waals surface area (Å²) in [6.07, 6.45) is 1.59. The SMILES string of the molecule is O=C(NC(C(=O)O)c1cccs1)c1c[nH]c2ccccc12. The van der Waals surface area contributed by atoms with Gasteiger partial charge in [-0.1, -0.05) is 24.3 Å². The van der Waals surface area contributed by atoms with Crippen molar-refractivity contribution in [3.05, 3.63) is 58.4 Å². The fraction of sp³-hybridized carbons (Fsp3) is 0.0667. The largest absolute Gasteiger partial charge is 0.479 e. The average molecular weight is 300 g/mol. The van der Waals surface area contributed by atoms with E-state index in [9.17, 15) is 14.7 Å². The van der Waals surface area contributed by atoms with Crippen molar-refractivity contribution in [3.63, 3.8) is 0 Å². The number of thiophene rings is 1. The van der Waals surface area contributed by atoms with Crippen LogP contribution in [0.1, 0.15) is 21.3 Å². The van der Waals surface area contributed by atoms with Crippen molar-refractivity contribution in [3.8, 4) is 0 Å². The number of hydrogen-bond donors (Lipinski definition) is 3. The molecule has 0 bridgehead atoms. The van der Waals surface area contributed by atoms with Crippen LogP contribution >= 0.6 is 11.3 Å². The molecule has 106 valence electrons. The lowest BCUT2D eigenvalue weighted by Crippen LogP contribution is -2.33. The number of amides is 1. The summed E-state index contributed by atoms with van der Waals surface area (Å²) in [6, 6.07) is 9.80. The van der Waals surface area contributed by atoms with E-state index in [1.807, 2.05) is 24.3 Å². The Morgan fingerprint density at radius 1 is 1.19 bits per heavy atom. The summed E-state index contributed by atoms with van der Waals surface area (Å²) >= 11 is 1.30. The van der Waals surface area contributed by atoms with E-state index >= 15 is 0 Å². The Morgan fingerprint density at radius 3 is 2.71 bits per heavy atom. The summed E-state index contributed by atoms with van der Waals surface area (Å²) in [6.45, 7) is 0. The third-order valence-corrected chi connectivity index (χ3v) is 4.12. The number of carboxylic acids is 1. The first-order valence-corrected chi connectivity index (χ1v) is 7.18. The first-order valence-electron chi connectivity index (χ1n) is 6.30. The highest BCUT2D eigenvalue weighted by Gasteiger charge is 2.24. The van der Waals surface area contributed by atoms with Gasteiger partial charge in [-0.25, -0.2) is 4.79 Å². The number of hydrogen-bond acceptors (Lipinski definition) is 3. The standard InChI is InChI=1S/C15H12N2O3S/c18-14(10-8-16-11-5-2-1-4-9(10)11)17-13(15(19)20)12-6-3-7-21-12/h1-8,13,16H,(H,17,18)(H,19,20). The number of carbonyl (C=O) groups excluding carboxylic acids is 1. The lowest BCUT2D eigenvalue weighted by molar-refractivity contribution is -0.139. The van der Waals surface area contributed by atoms with Crippen LogP contribution in [0, 0.1) is 0 Å². The molecule has 1 amide bonds. The van der Waals surface area contributed by atoms with Crippen molar-refractivity contribution in [1.29, 1.82) is 0 Å². The number of rotatable bonds is 4. The molecule has 1 aromatic carbocycles. The second-order valence-corrected chi connectivity index (χ2v) is 5.49. The van der Waals surface area contributed by atoms with Gasteiger partial charge in [-0.2, -0.15) is 0 Å². The molecule has 3 rings (SSSR count). The molecule has 21 heavy (non-hydrogen) atoms. The van der Waals surface area contributed by atoms with Gasteiger partial charge in [0.15, 0.2) is 6.04 Å². The first-order chi connectivity index (χ1) is 10.2. The lowest BCUT2D eigenvalue weighted by atomic mass is 10.1. The number of fused-ring (bicyclic) bond motifs is 1. The number of carboxylic acid groups (broad SMARTS) is 1. The van der Waals surface area contributed by atoms with Gasteiger partial charge >= 0.3 is 5.97 Å². The highest BCUT2D eigenvalue weighted by molar-refractivity contribution is 7.10. The van der Waals surface area contributed by atoms with Crippen LogP contribution < -0.4 is 5.32 Å². The van der Waals surface area contributed by atoms with E-state index in [1.54, 1.807) is 23.7 Å². The number of aromatic amines is 1. The molecule has 0 saturated carbocycles. The van der Waals surface area contributed by atoms with Crippen molar-refractivity contribution in [1.82, 2.24) is 10.3 Å². The zero-order valence-electron chi connectivity index (χ0n) is 10.9. The number of carbonyl (C=O) groups is 2. The minimum atomic E-state index is -1.08. The van der Waals surface area contributed by atoms with Crippen LogP contribution in [0.3, 0.4) is 0 Å². The highest BCUT2D eigenvalue weighted by atomic mass is 32.1. The van der Waals surface area contributed by atoms with Crippen molar-refractivity contribution < 1.29 is 14.7 Å². The van der Waals surface area contributed by atoms with Crippen molar-refractivity contribution in [2.45, 2.75) is 6.04 Å². The summed E-state index contributed by atoms with van der Waals surface area (Å²) < 4.78 is 0. The van der Waals surface area contributed by atoms with Crippen LogP contribution in [0.4, 0.5) is 0 Å². The topological polar surface area (TPSA) is 82.2 Å². The Morgan fingerprint density at radius 2 is 2.00 bits per heavy atom. The van der Waals surface area contributed by atoms with Gasteiger partial charge in [-0.15, -0.1) is 11.3 Å². The van der Waals surface area contributed by atoms with Gasteiger partial charge in [0, 0.05) is 22.0 Å². The smallest absolute Gasteiger partial charge is 0.331 e. The zero-order chi connectivity index (χ0) is 14.8. The molecule has 0 radical (unpaired) electrons. The average Bonchev–Trinajstić information content (AvgIpc) is 3.13. The molecule has 0 saturated heterocycles. The van der Waals surface area contributed by atoms with E-state index in [4.69, 9.17) is 0 Å². The van der Waals surface area contributed by atoms with Crippen molar-refractivity contribution in [2.24, 2.45) is 0 Å². The number of H-pyrrole nitrogens is 1. The van der Waals surface area contributed by atoms with Gasteiger partial charge < -0.3 is 15.4 Å². The van der Waals surface area contributed by atoms with Gasteiger partial charge in [0.1, 0.15) is 0 Å². The second-order valence-electron chi connectivity index (χ2n) is 4.51. The van der Waals surface area contributed by atoms with E-state index in [0.29, 0.717) is 10.4 Å². The number of para-hydroxylation sites is 1. The van der Waals surface area contributed by atoms with Gasteiger partial charge in [-0.3, -0.25) is 4.79 Å². The third-order valence-electron chi connectivity index (χ3n) is 3.18. The maximum Gasteiger partial charge on any atom is 0.331 e. The van der Waals surface area contributed by atoms with Crippen LogP contribution in [0.2, 0.25) is 0 Å². The number of nitrogens with one attached hydrogen (secondary N) is 2. The first kappa shape index (κ1) is 13.4. The molecule has 1 unspecified atom stereocenters. The van der Waals surface area contributed by atoms with E-state index in [-0.39, 0.29) is 0 Å². The van der Waals surface area contributed by atoms with Gasteiger partial charge in [-0.05, 0) is 17.5 Å². The molecule has 3 aromatic rings. The van der Waals surface area contributed by atoms with Gasteiger partial charge in [0.05, 0.1) is 5.56 Å². The Labute approximate surface area is 124 Å². The van der Waals surface area contributed by atoms with Crippen LogP contribution in [-0.4, -0.2) is 22.0 Å². The molecule has 0 aliphatic carbocycles. The molecule has 0 aliphatic rings. The van der Waals surface area contributed by atoms with Crippen molar-refractivity contribution >= 4 is 34.1 Å². The molecular formula is C15H12N2O3S. The van der Waals surface area contributed by atoms with Crippen LogP contribution in [0.25, 0.3) is 10.9 Å². The summed E-state index contributed by atoms with van der Waals surface area (Å²) in [5.41, 5.74) is 1.28. The van der Waals surface area contributed by atoms with Crippen LogP contribution in [-0.2, 0) is 4.79 Å². The number of aromatic nitrogens is 1. The Hall–Kier alpha value is -2.60. The monoisotopic (exact) mass is 300 g/mol. The molecule has 0 aliphatic heterocycles. The Balaban J connectivity index is 1.90. The normalized spacial score (nSPS) is 12.2. The molecule has 3 N–H and O–H groups in total. The lowest BCUT2D eigenvalue weighted by Gasteiger charge is -2.12. The number of aliphatic carboxylic acids is 1. The summed E-state index contributed by atoms with van der Waals surface area (Å²) in [4.78, 5) is 27.3. The zero-order valence-corrected chi connectivity index (χ0v) is 11.7. The predicted octanol–water partition coefficient (Wildman–Crippen LogP) is 2.79. The predicted molar refractivity (Wildman–Crippen MR) is 80.5 cm³/mol. The minimum absolute atomic E-state index is 0.409. The Kier molecular flexibility index (Phi) is 3.45. The van der Waals surface area contributed by atoms with Crippen molar-refractivity contribution in [2.75, 3.05) is 0 Å². The van der Waals surface area contributed by atoms with E-state index in [1.165, 1.54) is 11.3 Å². The molecule has 1 atom stereocenters. The van der Waals surface area contributed by atoms with E-state index in [2.05, 4.69) is 10.3 Å². The fourth-order valence-electron chi connectivity index (χ4n) is 2.18. The van der Waals surface area contributed by atoms with Gasteiger partial charge in [0.2, 0.25) is 0 Å². The number of benzene rings is 1. The summed E-state index contributed by atoms with van der Waals surface area (Å²) in [5, 5.41) is 14.4. The fourth-order valence-corrected chi connectivity index (χ4v) is 2.95. The van der Waals surface area contributed by atoms with Crippen LogP contribution in [0.5, 0.6) is 0 Å². The summed E-state index contributed by atoms with van der Waals surface area (Å²) in [7, 11) is 0. The molecule has 0 spiro atoms. The van der Waals surface area contributed by atoms with E-state index in [0.717, 1.165) is 10.9 Å². The molecule has 0 fully saturated rings. The van der Waals surface area contributed by atoms with Gasteiger partial charge in [0.25, 0.3) is 5.91 Å². The molecular weight excluding hydrogens is 288 g/mol. The third kappa shape index (κ3) is 2.53.